The molecule has 0 spiro atoms. The number of hydrogen-bond acceptors (Lipinski definition) is 4. The number of nitrogens with one attached hydrogen (secondary N) is 1. The first-order valence-corrected chi connectivity index (χ1v) is 6.97. The Morgan fingerprint density at radius 3 is 2.77 bits per heavy atom. The van der Waals surface area contributed by atoms with E-state index in [1.165, 1.54) is 19.3 Å². The number of allylic oxidation sites excluding steroid dienone is 1. The Bertz CT molecular complexity index is 895. The van der Waals surface area contributed by atoms with Gasteiger partial charge in [-0.15, -0.1) is 0 Å². The van der Waals surface area contributed by atoms with Crippen molar-refractivity contribution in [1.29, 1.82) is 0 Å². The lowest BCUT2D eigenvalue weighted by atomic mass is 9.74. The molecule has 1 heterocycles. The number of carbonyl (C=O) groups excluding carboxylic acids is 1. The molecule has 2 N–H and O–H groups in total. The van der Waals surface area contributed by atoms with Gasteiger partial charge in [-0.25, -0.2) is 4.79 Å². The van der Waals surface area contributed by atoms with E-state index >= 15 is 0 Å². The highest BCUT2D eigenvalue weighted by Gasteiger charge is 2.67. The van der Waals surface area contributed by atoms with Crippen molar-refractivity contribution in [3.8, 4) is 11.8 Å². The normalized spacial score (nSPS) is 32.6. The van der Waals surface area contributed by atoms with E-state index in [0.717, 1.165) is 4.57 Å². The van der Waals surface area contributed by atoms with Crippen molar-refractivity contribution in [2.24, 2.45) is 18.4 Å². The number of rotatable bonds is 0. The van der Waals surface area contributed by atoms with Gasteiger partial charge >= 0.3 is 5.69 Å². The highest BCUT2D eigenvalue weighted by Crippen LogP contribution is 2.63. The van der Waals surface area contributed by atoms with Crippen molar-refractivity contribution in [3.63, 3.8) is 0 Å². The Labute approximate surface area is 126 Å². The molecule has 1 aromatic rings. The van der Waals surface area contributed by atoms with E-state index in [2.05, 4.69) is 16.8 Å². The zero-order valence-electron chi connectivity index (χ0n) is 12.6. The zero-order chi connectivity index (χ0) is 16.3. The quantitative estimate of drug-likeness (QED) is 0.644. The maximum Gasteiger partial charge on any atom is 0.328 e. The summed E-state index contributed by atoms with van der Waals surface area (Å²) in [6, 6.07) is 0. The first-order chi connectivity index (χ1) is 10.2. The van der Waals surface area contributed by atoms with E-state index < -0.39 is 22.3 Å². The van der Waals surface area contributed by atoms with E-state index in [1.54, 1.807) is 6.92 Å². The monoisotopic (exact) mass is 300 g/mol. The molecule has 1 fully saturated rings. The minimum atomic E-state index is -1.44. The van der Waals surface area contributed by atoms with E-state index in [0.29, 0.717) is 12.0 Å². The largest absolute Gasteiger partial charge is 0.373 e. The summed E-state index contributed by atoms with van der Waals surface area (Å²) in [7, 11) is 1.35. The predicted molar refractivity (Wildman–Crippen MR) is 79.1 cm³/mol. The van der Waals surface area contributed by atoms with Crippen LogP contribution in [0.4, 0.5) is 0 Å². The number of ketones is 1. The molecule has 2 aliphatic rings. The van der Waals surface area contributed by atoms with Crippen LogP contribution in [0.3, 0.4) is 0 Å². The average Bonchev–Trinajstić information content (AvgIpc) is 3.17. The van der Waals surface area contributed by atoms with Crippen LogP contribution in [-0.4, -0.2) is 26.0 Å². The molecular weight excluding hydrogens is 284 g/mol. The average molecular weight is 300 g/mol. The summed E-state index contributed by atoms with van der Waals surface area (Å²) >= 11 is 0. The summed E-state index contributed by atoms with van der Waals surface area (Å²) in [5.74, 6) is 5.22. The fourth-order valence-corrected chi connectivity index (χ4v) is 3.10. The van der Waals surface area contributed by atoms with Gasteiger partial charge in [0.1, 0.15) is 5.56 Å². The van der Waals surface area contributed by atoms with Crippen LogP contribution in [0.2, 0.25) is 0 Å². The summed E-state index contributed by atoms with van der Waals surface area (Å²) in [6.07, 6.45) is 3.24. The number of aromatic amines is 1. The highest BCUT2D eigenvalue weighted by molar-refractivity contribution is 5.97. The second kappa shape index (κ2) is 4.31. The van der Waals surface area contributed by atoms with Gasteiger partial charge in [-0.05, 0) is 25.0 Å². The molecule has 0 saturated heterocycles. The first kappa shape index (κ1) is 14.5. The Kier molecular flexibility index (Phi) is 2.85. The van der Waals surface area contributed by atoms with Crippen molar-refractivity contribution in [3.05, 3.63) is 44.2 Å². The molecule has 0 bridgehead atoms. The Morgan fingerprint density at radius 2 is 2.09 bits per heavy atom. The van der Waals surface area contributed by atoms with E-state index in [1.807, 2.05) is 6.92 Å². The third-order valence-electron chi connectivity index (χ3n) is 4.89. The summed E-state index contributed by atoms with van der Waals surface area (Å²) < 4.78 is 0.919. The minimum Gasteiger partial charge on any atom is -0.373 e. The van der Waals surface area contributed by atoms with Crippen molar-refractivity contribution < 1.29 is 9.90 Å². The van der Waals surface area contributed by atoms with Gasteiger partial charge < -0.3 is 10.1 Å². The third kappa shape index (κ3) is 1.76. The topological polar surface area (TPSA) is 92.2 Å². The number of hydrogen-bond donors (Lipinski definition) is 2. The minimum absolute atomic E-state index is 0.0198. The van der Waals surface area contributed by atoms with Gasteiger partial charge in [0, 0.05) is 24.6 Å². The molecule has 1 aromatic heterocycles. The third-order valence-corrected chi connectivity index (χ3v) is 4.89. The van der Waals surface area contributed by atoms with E-state index in [9.17, 15) is 19.5 Å². The molecule has 3 unspecified atom stereocenters. The van der Waals surface area contributed by atoms with Gasteiger partial charge in [0.2, 0.25) is 0 Å². The summed E-state index contributed by atoms with van der Waals surface area (Å²) in [5, 5.41) is 10.9. The number of nitrogens with zero attached hydrogens (tertiary/aromatic N) is 1. The van der Waals surface area contributed by atoms with Crippen molar-refractivity contribution >= 4 is 5.78 Å². The van der Waals surface area contributed by atoms with Gasteiger partial charge in [0.25, 0.3) is 5.56 Å². The predicted octanol–water partition coefficient (Wildman–Crippen LogP) is -0.289. The number of carbonyl (C=O) groups is 1. The van der Waals surface area contributed by atoms with E-state index in [4.69, 9.17) is 0 Å². The molecule has 3 atom stereocenters. The van der Waals surface area contributed by atoms with Gasteiger partial charge in [0.15, 0.2) is 11.4 Å². The van der Waals surface area contributed by atoms with Crippen LogP contribution in [0.1, 0.15) is 25.8 Å². The Hall–Kier alpha value is -2.39. The van der Waals surface area contributed by atoms with Crippen LogP contribution in [0.15, 0.2) is 27.4 Å². The number of fused-ring (bicyclic) bond motifs is 1. The maximum atomic E-state index is 12.0. The highest BCUT2D eigenvalue weighted by atomic mass is 16.3. The van der Waals surface area contributed by atoms with E-state index in [-0.39, 0.29) is 17.3 Å². The standard InChI is InChI=1S/C16H16N2O4/c1-9-6-12(19)11-7-15(11,2)16(9,22)5-4-10-8-17-14(21)18(3)13(10)20/h6,8,11,22H,7H2,1-3H3,(H,17,21). The molecule has 0 aliphatic heterocycles. The lowest BCUT2D eigenvalue weighted by molar-refractivity contribution is -0.118. The molecule has 6 heteroatoms. The molecule has 0 amide bonds. The maximum absolute atomic E-state index is 12.0. The lowest BCUT2D eigenvalue weighted by Crippen LogP contribution is -2.43. The van der Waals surface area contributed by atoms with Crippen LogP contribution in [0.25, 0.3) is 0 Å². The van der Waals surface area contributed by atoms with Crippen molar-refractivity contribution in [2.45, 2.75) is 25.9 Å². The van der Waals surface area contributed by atoms with Crippen LogP contribution in [0, 0.1) is 23.2 Å². The molecule has 0 aromatic carbocycles. The second-order valence-electron chi connectivity index (χ2n) is 6.24. The second-order valence-corrected chi connectivity index (χ2v) is 6.24. The molecule has 0 radical (unpaired) electrons. The van der Waals surface area contributed by atoms with Crippen LogP contribution in [0.5, 0.6) is 0 Å². The molecular formula is C16H16N2O4. The van der Waals surface area contributed by atoms with Crippen LogP contribution in [-0.2, 0) is 11.8 Å². The Morgan fingerprint density at radius 1 is 1.41 bits per heavy atom. The van der Waals surface area contributed by atoms with Gasteiger partial charge in [-0.1, -0.05) is 18.8 Å². The Balaban J connectivity index is 2.10. The molecule has 2 aliphatic carbocycles. The first-order valence-electron chi connectivity index (χ1n) is 6.97. The fourth-order valence-electron chi connectivity index (χ4n) is 3.10. The molecule has 6 nitrogen and oxygen atoms in total. The van der Waals surface area contributed by atoms with Crippen molar-refractivity contribution in [2.75, 3.05) is 0 Å². The SMILES string of the molecule is CC1=CC(=O)C2CC2(C)C1(O)C#Cc1c[nH]c(=O)n(C)c1=O. The van der Waals surface area contributed by atoms with Gasteiger partial charge in [-0.3, -0.25) is 14.2 Å². The smallest absolute Gasteiger partial charge is 0.328 e. The van der Waals surface area contributed by atoms with Gasteiger partial charge in [-0.2, -0.15) is 0 Å². The molecule has 114 valence electrons. The summed E-state index contributed by atoms with van der Waals surface area (Å²) in [6.45, 7) is 3.49. The number of aliphatic hydroxyl groups is 1. The summed E-state index contributed by atoms with van der Waals surface area (Å²) in [4.78, 5) is 37.5. The lowest BCUT2D eigenvalue weighted by Gasteiger charge is -2.33. The molecule has 1 saturated carbocycles. The zero-order valence-corrected chi connectivity index (χ0v) is 12.6. The van der Waals surface area contributed by atoms with Crippen LogP contribution >= 0.6 is 0 Å². The summed E-state index contributed by atoms with van der Waals surface area (Å²) in [5.41, 5.74) is -2.51. The van der Waals surface area contributed by atoms with Crippen molar-refractivity contribution in [1.82, 2.24) is 9.55 Å². The fraction of sp³-hybridized carbons (Fsp3) is 0.438. The molecule has 3 rings (SSSR count). The van der Waals surface area contributed by atoms with Crippen LogP contribution < -0.4 is 11.2 Å². The van der Waals surface area contributed by atoms with Gasteiger partial charge in [0.05, 0.1) is 0 Å². The number of aromatic nitrogens is 2. The molecule has 22 heavy (non-hydrogen) atoms. The number of H-pyrrole nitrogens is 1.